The number of hydrogen-bond donors (Lipinski definition) is 1. The van der Waals surface area contributed by atoms with Gasteiger partial charge in [-0.2, -0.15) is 9.40 Å². The molecule has 1 aliphatic rings. The molecule has 0 saturated carbocycles. The highest BCUT2D eigenvalue weighted by atomic mass is 32.2. The van der Waals surface area contributed by atoms with Crippen molar-refractivity contribution in [2.75, 3.05) is 25.5 Å². The number of rotatable bonds is 6. The van der Waals surface area contributed by atoms with Gasteiger partial charge in [0, 0.05) is 24.5 Å². The van der Waals surface area contributed by atoms with E-state index in [9.17, 15) is 13.2 Å². The van der Waals surface area contributed by atoms with Gasteiger partial charge >= 0.3 is 0 Å². The Kier molecular flexibility index (Phi) is 7.17. The van der Waals surface area contributed by atoms with E-state index in [1.807, 2.05) is 45.0 Å². The Balaban J connectivity index is 1.68. The second kappa shape index (κ2) is 10.4. The lowest BCUT2D eigenvalue weighted by molar-refractivity contribution is 0.102. The standard InChI is InChI=1S/C29H33N5O4S/c1-18-9-12-24(38-5)23(15-18)31-29(35)27-26(28-30-20(3)16-21(4)34(28)32-27)22-11-10-19(2)25(17-22)39(36,37)33-13-7-6-8-14-33/h9-12,15-17H,6-8,13-14H2,1-5H3,(H,31,35). The summed E-state index contributed by atoms with van der Waals surface area (Å²) in [5.41, 5.74) is 5.36. The molecular formula is C29H33N5O4S. The second-order valence-electron chi connectivity index (χ2n) is 10.1. The molecule has 39 heavy (non-hydrogen) atoms. The number of aromatic nitrogens is 3. The molecule has 0 radical (unpaired) electrons. The predicted octanol–water partition coefficient (Wildman–Crippen LogP) is 5.07. The van der Waals surface area contributed by atoms with Gasteiger partial charge in [0.25, 0.3) is 5.91 Å². The number of nitrogens with one attached hydrogen (secondary N) is 1. The van der Waals surface area contributed by atoms with Gasteiger partial charge in [-0.3, -0.25) is 4.79 Å². The Labute approximate surface area is 228 Å². The van der Waals surface area contributed by atoms with Gasteiger partial charge in [-0.05, 0) is 81.5 Å². The Bertz CT molecular complexity index is 1690. The molecule has 1 fully saturated rings. The molecule has 204 valence electrons. The number of carbonyl (C=O) groups is 1. The first-order chi connectivity index (χ1) is 18.6. The fraction of sp³-hybridized carbons (Fsp3) is 0.345. The minimum atomic E-state index is -3.70. The number of piperidine rings is 1. The fourth-order valence-electron chi connectivity index (χ4n) is 5.12. The Morgan fingerprint density at radius 3 is 2.44 bits per heavy atom. The monoisotopic (exact) mass is 547 g/mol. The van der Waals surface area contributed by atoms with E-state index >= 15 is 0 Å². The SMILES string of the molecule is COc1ccc(C)cc1NC(=O)c1nn2c(C)cc(C)nc2c1-c1ccc(C)c(S(=O)(=O)N2CCCCC2)c1. The van der Waals surface area contributed by atoms with Crippen molar-refractivity contribution in [2.45, 2.75) is 51.9 Å². The summed E-state index contributed by atoms with van der Waals surface area (Å²) < 4.78 is 36.0. The summed E-state index contributed by atoms with van der Waals surface area (Å²) in [5.74, 6) is 0.0760. The van der Waals surface area contributed by atoms with Crippen LogP contribution in [0.4, 0.5) is 5.69 Å². The summed E-state index contributed by atoms with van der Waals surface area (Å²) in [6, 6.07) is 12.7. The molecule has 5 rings (SSSR count). The van der Waals surface area contributed by atoms with Crippen LogP contribution in [0.2, 0.25) is 0 Å². The Hall–Kier alpha value is -3.76. The average Bonchev–Trinajstić information content (AvgIpc) is 3.29. The fourth-order valence-corrected chi connectivity index (χ4v) is 6.89. The zero-order chi connectivity index (χ0) is 27.9. The third-order valence-electron chi connectivity index (χ3n) is 7.12. The molecule has 0 unspecified atom stereocenters. The summed E-state index contributed by atoms with van der Waals surface area (Å²) in [4.78, 5) is 18.7. The lowest BCUT2D eigenvalue weighted by atomic mass is 10.0. The number of benzene rings is 2. The Morgan fingerprint density at radius 2 is 1.72 bits per heavy atom. The van der Waals surface area contributed by atoms with Crippen molar-refractivity contribution < 1.29 is 17.9 Å². The van der Waals surface area contributed by atoms with E-state index < -0.39 is 15.9 Å². The highest BCUT2D eigenvalue weighted by molar-refractivity contribution is 7.89. The molecule has 1 saturated heterocycles. The summed E-state index contributed by atoms with van der Waals surface area (Å²) in [7, 11) is -2.16. The minimum absolute atomic E-state index is 0.143. The number of amides is 1. The maximum Gasteiger partial charge on any atom is 0.277 e. The van der Waals surface area contributed by atoms with Gasteiger partial charge < -0.3 is 10.1 Å². The molecule has 0 spiro atoms. The number of aryl methyl sites for hydroxylation is 4. The molecule has 2 aromatic carbocycles. The highest BCUT2D eigenvalue weighted by Crippen LogP contribution is 2.34. The first kappa shape index (κ1) is 26.8. The van der Waals surface area contributed by atoms with Gasteiger partial charge in [0.05, 0.1) is 23.3 Å². The van der Waals surface area contributed by atoms with Crippen molar-refractivity contribution in [3.63, 3.8) is 0 Å². The number of carbonyl (C=O) groups excluding carboxylic acids is 1. The first-order valence-corrected chi connectivity index (χ1v) is 14.5. The molecule has 9 nitrogen and oxygen atoms in total. The van der Waals surface area contributed by atoms with E-state index in [0.29, 0.717) is 46.9 Å². The molecule has 0 aliphatic carbocycles. The van der Waals surface area contributed by atoms with E-state index in [-0.39, 0.29) is 10.6 Å². The normalized spacial score (nSPS) is 14.5. The van der Waals surface area contributed by atoms with Crippen molar-refractivity contribution in [1.82, 2.24) is 18.9 Å². The lowest BCUT2D eigenvalue weighted by Gasteiger charge is -2.26. The van der Waals surface area contributed by atoms with Crippen LogP contribution in [0.15, 0.2) is 47.4 Å². The quantitative estimate of drug-likeness (QED) is 0.362. The molecule has 2 aromatic heterocycles. The smallest absolute Gasteiger partial charge is 0.277 e. The summed E-state index contributed by atoms with van der Waals surface area (Å²) in [6.45, 7) is 8.51. The predicted molar refractivity (Wildman–Crippen MR) is 151 cm³/mol. The molecular weight excluding hydrogens is 514 g/mol. The van der Waals surface area contributed by atoms with Crippen molar-refractivity contribution >= 4 is 27.3 Å². The second-order valence-corrected chi connectivity index (χ2v) is 12.0. The number of nitrogens with zero attached hydrogens (tertiary/aromatic N) is 4. The van der Waals surface area contributed by atoms with Crippen LogP contribution in [-0.2, 0) is 10.0 Å². The van der Waals surface area contributed by atoms with Crippen LogP contribution < -0.4 is 10.1 Å². The third-order valence-corrected chi connectivity index (χ3v) is 9.16. The van der Waals surface area contributed by atoms with Crippen molar-refractivity contribution in [3.05, 3.63) is 70.7 Å². The largest absolute Gasteiger partial charge is 0.495 e. The van der Waals surface area contributed by atoms with E-state index in [1.165, 1.54) is 0 Å². The number of methoxy groups -OCH3 is 1. The number of sulfonamides is 1. The van der Waals surface area contributed by atoms with Crippen LogP contribution in [0.5, 0.6) is 5.75 Å². The average molecular weight is 548 g/mol. The van der Waals surface area contributed by atoms with E-state index in [4.69, 9.17) is 9.72 Å². The number of fused-ring (bicyclic) bond motifs is 1. The number of hydrogen-bond acceptors (Lipinski definition) is 6. The summed E-state index contributed by atoms with van der Waals surface area (Å²) in [5, 5.41) is 7.59. The molecule has 1 aliphatic heterocycles. The molecule has 10 heteroatoms. The highest BCUT2D eigenvalue weighted by Gasteiger charge is 2.30. The maximum atomic E-state index is 13.8. The maximum absolute atomic E-state index is 13.8. The Morgan fingerprint density at radius 1 is 0.974 bits per heavy atom. The topological polar surface area (TPSA) is 106 Å². The van der Waals surface area contributed by atoms with Gasteiger partial charge in [0.2, 0.25) is 10.0 Å². The van der Waals surface area contributed by atoms with Gasteiger partial charge in [-0.25, -0.2) is 17.9 Å². The molecule has 0 bridgehead atoms. The van der Waals surface area contributed by atoms with Crippen molar-refractivity contribution in [2.24, 2.45) is 0 Å². The van der Waals surface area contributed by atoms with Crippen LogP contribution >= 0.6 is 0 Å². The van der Waals surface area contributed by atoms with Crippen LogP contribution in [0.3, 0.4) is 0 Å². The molecule has 0 atom stereocenters. The van der Waals surface area contributed by atoms with Crippen LogP contribution in [0.1, 0.15) is 52.3 Å². The van der Waals surface area contributed by atoms with Crippen LogP contribution in [-0.4, -0.2) is 53.4 Å². The zero-order valence-corrected chi connectivity index (χ0v) is 23.7. The van der Waals surface area contributed by atoms with Gasteiger partial charge in [0.15, 0.2) is 11.3 Å². The third kappa shape index (κ3) is 5.02. The molecule has 4 aromatic rings. The van der Waals surface area contributed by atoms with Gasteiger partial charge in [-0.1, -0.05) is 24.6 Å². The molecule has 1 amide bonds. The molecule has 1 N–H and O–H groups in total. The summed E-state index contributed by atoms with van der Waals surface area (Å²) >= 11 is 0. The van der Waals surface area contributed by atoms with Gasteiger partial charge in [0.1, 0.15) is 5.75 Å². The van der Waals surface area contributed by atoms with Crippen molar-refractivity contribution in [3.8, 4) is 16.9 Å². The van der Waals surface area contributed by atoms with Crippen molar-refractivity contribution in [1.29, 1.82) is 0 Å². The first-order valence-electron chi connectivity index (χ1n) is 13.0. The van der Waals surface area contributed by atoms with Gasteiger partial charge in [-0.15, -0.1) is 0 Å². The van der Waals surface area contributed by atoms with Crippen LogP contribution in [0.25, 0.3) is 16.8 Å². The van der Waals surface area contributed by atoms with E-state index in [0.717, 1.165) is 36.2 Å². The number of ether oxygens (including phenoxy) is 1. The lowest BCUT2D eigenvalue weighted by Crippen LogP contribution is -2.35. The minimum Gasteiger partial charge on any atom is -0.495 e. The van der Waals surface area contributed by atoms with E-state index in [2.05, 4.69) is 10.4 Å². The molecule has 3 heterocycles. The summed E-state index contributed by atoms with van der Waals surface area (Å²) in [6.07, 6.45) is 2.73. The van der Waals surface area contributed by atoms with E-state index in [1.54, 1.807) is 41.1 Å². The zero-order valence-electron chi connectivity index (χ0n) is 22.9. The van der Waals surface area contributed by atoms with Crippen LogP contribution in [0, 0.1) is 27.7 Å². The number of anilines is 1.